The van der Waals surface area contributed by atoms with E-state index >= 15 is 0 Å². The normalized spacial score (nSPS) is 23.9. The average Bonchev–Trinajstić information content (AvgIpc) is 2.62. The lowest BCUT2D eigenvalue weighted by molar-refractivity contribution is 0.0182. The number of benzene rings is 2. The van der Waals surface area contributed by atoms with Crippen molar-refractivity contribution < 1.29 is 13.6 Å². The Morgan fingerprint density at radius 2 is 1.56 bits per heavy atom. The molecule has 0 aliphatic heterocycles. The molecule has 1 aliphatic carbocycles. The molecular weight excluding hydrogens is 331 g/mol. The zero-order valence-corrected chi connectivity index (χ0v) is 15.8. The van der Waals surface area contributed by atoms with Crippen molar-refractivity contribution in [2.45, 2.75) is 49.9 Å². The van der Waals surface area contributed by atoms with Gasteiger partial charge in [-0.2, -0.15) is 0 Å². The third-order valence-electron chi connectivity index (χ3n) is 5.19. The van der Waals surface area contributed by atoms with Gasteiger partial charge in [0.05, 0.1) is 5.56 Å². The third-order valence-corrected chi connectivity index (χ3v) is 7.60. The summed E-state index contributed by atoms with van der Waals surface area (Å²) >= 11 is 0. The SMILES string of the molecule is C[Si](C)(F)C1CC(OC(=O)c2ccccc2)CC(c2ccccc2)C1. The van der Waals surface area contributed by atoms with Gasteiger partial charge in [0, 0.05) is 0 Å². The molecule has 132 valence electrons. The summed E-state index contributed by atoms with van der Waals surface area (Å²) in [4.78, 5) is 12.4. The van der Waals surface area contributed by atoms with Gasteiger partial charge in [0.1, 0.15) is 6.10 Å². The maximum atomic E-state index is 14.8. The van der Waals surface area contributed by atoms with Gasteiger partial charge in [0.2, 0.25) is 8.41 Å². The number of hydrogen-bond acceptors (Lipinski definition) is 2. The fraction of sp³-hybridized carbons (Fsp3) is 0.381. The minimum atomic E-state index is -2.79. The predicted octanol–water partition coefficient (Wildman–Crippen LogP) is 5.72. The molecule has 25 heavy (non-hydrogen) atoms. The molecule has 1 saturated carbocycles. The van der Waals surface area contributed by atoms with Gasteiger partial charge in [-0.25, -0.2) is 4.79 Å². The average molecular weight is 357 g/mol. The summed E-state index contributed by atoms with van der Waals surface area (Å²) in [6, 6.07) is 19.2. The zero-order valence-electron chi connectivity index (χ0n) is 14.8. The lowest BCUT2D eigenvalue weighted by atomic mass is 9.82. The predicted molar refractivity (Wildman–Crippen MR) is 101 cm³/mol. The Bertz CT molecular complexity index is 697. The van der Waals surface area contributed by atoms with E-state index in [-0.39, 0.29) is 23.5 Å². The molecule has 3 atom stereocenters. The van der Waals surface area contributed by atoms with E-state index in [1.165, 1.54) is 5.56 Å². The molecule has 0 N–H and O–H groups in total. The smallest absolute Gasteiger partial charge is 0.338 e. The lowest BCUT2D eigenvalue weighted by Gasteiger charge is -2.38. The molecule has 1 fully saturated rings. The van der Waals surface area contributed by atoms with E-state index in [9.17, 15) is 8.90 Å². The summed E-state index contributed by atoms with van der Waals surface area (Å²) in [6.07, 6.45) is 2.03. The highest BCUT2D eigenvalue weighted by molar-refractivity contribution is 6.72. The van der Waals surface area contributed by atoms with Crippen molar-refractivity contribution in [2.24, 2.45) is 0 Å². The molecule has 2 aromatic carbocycles. The second kappa shape index (κ2) is 7.52. The lowest BCUT2D eigenvalue weighted by Crippen LogP contribution is -2.37. The van der Waals surface area contributed by atoms with Crippen LogP contribution >= 0.6 is 0 Å². The van der Waals surface area contributed by atoms with Crippen LogP contribution in [0.25, 0.3) is 0 Å². The molecule has 3 unspecified atom stereocenters. The van der Waals surface area contributed by atoms with Crippen molar-refractivity contribution in [1.29, 1.82) is 0 Å². The van der Waals surface area contributed by atoms with Gasteiger partial charge in [0.25, 0.3) is 0 Å². The number of carbonyl (C=O) groups is 1. The monoisotopic (exact) mass is 356 g/mol. The van der Waals surface area contributed by atoms with Crippen LogP contribution in [0.1, 0.15) is 41.1 Å². The van der Waals surface area contributed by atoms with Gasteiger partial charge in [-0.05, 0) is 61.5 Å². The van der Waals surface area contributed by atoms with Gasteiger partial charge in [-0.3, -0.25) is 0 Å². The van der Waals surface area contributed by atoms with Crippen molar-refractivity contribution in [3.63, 3.8) is 0 Å². The van der Waals surface area contributed by atoms with Crippen molar-refractivity contribution in [3.05, 3.63) is 71.8 Å². The van der Waals surface area contributed by atoms with E-state index in [2.05, 4.69) is 12.1 Å². The van der Waals surface area contributed by atoms with Gasteiger partial charge in [-0.1, -0.05) is 48.5 Å². The Kier molecular flexibility index (Phi) is 5.38. The Hall–Kier alpha value is -1.94. The second-order valence-electron chi connectivity index (χ2n) is 7.47. The minimum Gasteiger partial charge on any atom is -0.459 e. The largest absolute Gasteiger partial charge is 0.459 e. The first-order valence-electron chi connectivity index (χ1n) is 8.93. The van der Waals surface area contributed by atoms with Crippen LogP contribution in [0.3, 0.4) is 0 Å². The molecule has 2 aromatic rings. The minimum absolute atomic E-state index is 0.0139. The quantitative estimate of drug-likeness (QED) is 0.397. The summed E-state index contributed by atoms with van der Waals surface area (Å²) in [6.45, 7) is 3.53. The Morgan fingerprint density at radius 3 is 2.16 bits per heavy atom. The number of halogens is 1. The Balaban J connectivity index is 1.77. The van der Waals surface area contributed by atoms with Crippen molar-refractivity contribution in [2.75, 3.05) is 0 Å². The summed E-state index contributed by atoms with van der Waals surface area (Å²) < 4.78 is 20.6. The molecule has 0 radical (unpaired) electrons. The highest BCUT2D eigenvalue weighted by Gasteiger charge is 2.41. The van der Waals surface area contributed by atoms with Crippen LogP contribution in [0.2, 0.25) is 18.6 Å². The van der Waals surface area contributed by atoms with E-state index in [4.69, 9.17) is 4.74 Å². The molecule has 0 amide bonds. The van der Waals surface area contributed by atoms with Crippen LogP contribution in [0.5, 0.6) is 0 Å². The van der Waals surface area contributed by atoms with Crippen LogP contribution in [-0.2, 0) is 4.74 Å². The van der Waals surface area contributed by atoms with E-state index in [1.54, 1.807) is 25.2 Å². The van der Waals surface area contributed by atoms with Gasteiger partial charge < -0.3 is 8.84 Å². The highest BCUT2D eigenvalue weighted by Crippen LogP contribution is 2.45. The van der Waals surface area contributed by atoms with Gasteiger partial charge >= 0.3 is 5.97 Å². The Morgan fingerprint density at radius 1 is 0.960 bits per heavy atom. The molecule has 3 rings (SSSR count). The fourth-order valence-electron chi connectivity index (χ4n) is 3.71. The number of rotatable bonds is 4. The highest BCUT2D eigenvalue weighted by atomic mass is 28.4. The van der Waals surface area contributed by atoms with E-state index in [0.29, 0.717) is 12.0 Å². The molecular formula is C21H25FO2Si. The molecule has 0 saturated heterocycles. The topological polar surface area (TPSA) is 26.3 Å². The maximum absolute atomic E-state index is 14.8. The number of esters is 1. The molecule has 0 bridgehead atoms. The van der Waals surface area contributed by atoms with Gasteiger partial charge in [-0.15, -0.1) is 0 Å². The van der Waals surface area contributed by atoms with E-state index in [0.717, 1.165) is 12.8 Å². The molecule has 0 spiro atoms. The Labute approximate surface area is 150 Å². The zero-order chi connectivity index (χ0) is 17.9. The number of carbonyl (C=O) groups excluding carboxylic acids is 1. The summed E-state index contributed by atoms with van der Waals surface area (Å²) in [7, 11) is -2.79. The van der Waals surface area contributed by atoms with Gasteiger partial charge in [0.15, 0.2) is 0 Å². The standard InChI is InChI=1S/C21H25FO2Si/c1-25(2,22)20-14-18(16-9-5-3-6-10-16)13-19(15-20)24-21(23)17-11-7-4-8-12-17/h3-12,18-20H,13-15H2,1-2H3. The first kappa shape index (κ1) is 17.9. The van der Waals surface area contributed by atoms with Crippen LogP contribution in [0, 0.1) is 0 Å². The van der Waals surface area contributed by atoms with E-state index in [1.807, 2.05) is 36.4 Å². The number of hydrogen-bond donors (Lipinski definition) is 0. The molecule has 1 aliphatic rings. The summed E-state index contributed by atoms with van der Waals surface area (Å²) in [5.74, 6) is -0.0626. The molecule has 0 heterocycles. The first-order valence-corrected chi connectivity index (χ1v) is 11.9. The molecule has 0 aromatic heterocycles. The van der Waals surface area contributed by atoms with Crippen LogP contribution in [0.4, 0.5) is 4.11 Å². The van der Waals surface area contributed by atoms with Crippen molar-refractivity contribution >= 4 is 14.4 Å². The molecule has 2 nitrogen and oxygen atoms in total. The van der Waals surface area contributed by atoms with Crippen LogP contribution in [0.15, 0.2) is 60.7 Å². The third kappa shape index (κ3) is 4.57. The number of ether oxygens (including phenoxy) is 1. The first-order chi connectivity index (χ1) is 11.9. The van der Waals surface area contributed by atoms with Crippen LogP contribution in [-0.4, -0.2) is 20.5 Å². The van der Waals surface area contributed by atoms with E-state index < -0.39 is 8.41 Å². The fourth-order valence-corrected chi connectivity index (χ4v) is 5.38. The van der Waals surface area contributed by atoms with Crippen LogP contribution < -0.4 is 0 Å². The summed E-state index contributed by atoms with van der Waals surface area (Å²) in [5, 5.41) is 0. The summed E-state index contributed by atoms with van der Waals surface area (Å²) in [5.41, 5.74) is 1.78. The maximum Gasteiger partial charge on any atom is 0.338 e. The second-order valence-corrected chi connectivity index (χ2v) is 11.4. The van der Waals surface area contributed by atoms with Crippen molar-refractivity contribution in [3.8, 4) is 0 Å². The van der Waals surface area contributed by atoms with Crippen molar-refractivity contribution in [1.82, 2.24) is 0 Å². The molecule has 4 heteroatoms.